The predicted octanol–water partition coefficient (Wildman–Crippen LogP) is 2.64. The summed E-state index contributed by atoms with van der Waals surface area (Å²) in [4.78, 5) is 14.2. The van der Waals surface area contributed by atoms with Crippen LogP contribution in [0.15, 0.2) is 30.3 Å². The second-order valence-electron chi connectivity index (χ2n) is 5.32. The summed E-state index contributed by atoms with van der Waals surface area (Å²) in [6.07, 6.45) is 4.83. The van der Waals surface area contributed by atoms with Crippen molar-refractivity contribution < 1.29 is 4.79 Å². The molecular formula is C16H25ClN2O. The van der Waals surface area contributed by atoms with E-state index >= 15 is 0 Å². The Balaban J connectivity index is 0.00000200. The second-order valence-corrected chi connectivity index (χ2v) is 5.32. The average molecular weight is 297 g/mol. The minimum absolute atomic E-state index is 0. The Bertz CT molecular complexity index is 389. The molecular weight excluding hydrogens is 272 g/mol. The third-order valence-electron chi connectivity index (χ3n) is 3.96. The number of hydrogen-bond acceptors (Lipinski definition) is 2. The van der Waals surface area contributed by atoms with Gasteiger partial charge in [0.2, 0.25) is 5.91 Å². The largest absolute Gasteiger partial charge is 0.343 e. The summed E-state index contributed by atoms with van der Waals surface area (Å²) in [5.74, 6) is 0.274. The van der Waals surface area contributed by atoms with Crippen molar-refractivity contribution in [2.24, 2.45) is 0 Å². The van der Waals surface area contributed by atoms with Crippen LogP contribution in [0.2, 0.25) is 0 Å². The van der Waals surface area contributed by atoms with Gasteiger partial charge >= 0.3 is 0 Å². The van der Waals surface area contributed by atoms with Crippen molar-refractivity contribution in [2.45, 2.75) is 38.1 Å². The Kier molecular flexibility index (Phi) is 7.63. The number of carbonyl (C=O) groups is 1. The van der Waals surface area contributed by atoms with Crippen molar-refractivity contribution >= 4 is 18.3 Å². The molecule has 20 heavy (non-hydrogen) atoms. The van der Waals surface area contributed by atoms with Crippen molar-refractivity contribution in [3.05, 3.63) is 35.9 Å². The molecule has 1 N–H and O–H groups in total. The molecule has 112 valence electrons. The zero-order valence-corrected chi connectivity index (χ0v) is 13.0. The van der Waals surface area contributed by atoms with Crippen LogP contribution >= 0.6 is 12.4 Å². The summed E-state index contributed by atoms with van der Waals surface area (Å²) in [6.45, 7) is 2.11. The molecule has 0 saturated carbocycles. The molecule has 1 aromatic rings. The number of aryl methyl sites for hydroxylation is 1. The monoisotopic (exact) mass is 296 g/mol. The van der Waals surface area contributed by atoms with Gasteiger partial charge in [0, 0.05) is 19.5 Å². The summed E-state index contributed by atoms with van der Waals surface area (Å²) < 4.78 is 0. The lowest BCUT2D eigenvalue weighted by Crippen LogP contribution is -2.37. The topological polar surface area (TPSA) is 32.3 Å². The highest BCUT2D eigenvalue weighted by molar-refractivity contribution is 5.85. The fourth-order valence-electron chi connectivity index (χ4n) is 2.66. The maximum Gasteiger partial charge on any atom is 0.222 e. The highest BCUT2D eigenvalue weighted by Gasteiger charge is 2.20. The van der Waals surface area contributed by atoms with Crippen LogP contribution in [0.4, 0.5) is 0 Å². The van der Waals surface area contributed by atoms with Crippen LogP contribution < -0.4 is 5.32 Å². The van der Waals surface area contributed by atoms with Gasteiger partial charge in [-0.15, -0.1) is 12.4 Å². The van der Waals surface area contributed by atoms with Crippen LogP contribution in [0.3, 0.4) is 0 Å². The zero-order valence-electron chi connectivity index (χ0n) is 12.2. The summed E-state index contributed by atoms with van der Waals surface area (Å²) in [5, 5.41) is 3.39. The number of nitrogens with one attached hydrogen (secondary N) is 1. The van der Waals surface area contributed by atoms with Gasteiger partial charge in [-0.05, 0) is 44.3 Å². The van der Waals surface area contributed by atoms with E-state index < -0.39 is 0 Å². The highest BCUT2D eigenvalue weighted by Crippen LogP contribution is 2.13. The first kappa shape index (κ1) is 17.0. The summed E-state index contributed by atoms with van der Waals surface area (Å²) in [5.41, 5.74) is 1.24. The van der Waals surface area contributed by atoms with Crippen molar-refractivity contribution in [1.82, 2.24) is 10.2 Å². The fourth-order valence-corrected chi connectivity index (χ4v) is 2.66. The van der Waals surface area contributed by atoms with E-state index in [2.05, 4.69) is 17.4 Å². The van der Waals surface area contributed by atoms with Crippen LogP contribution in [0.25, 0.3) is 0 Å². The van der Waals surface area contributed by atoms with E-state index in [0.717, 1.165) is 32.4 Å². The van der Waals surface area contributed by atoms with Gasteiger partial charge in [0.15, 0.2) is 0 Å². The maximum atomic E-state index is 12.2. The Morgan fingerprint density at radius 3 is 2.75 bits per heavy atom. The number of amides is 1. The minimum atomic E-state index is 0. The van der Waals surface area contributed by atoms with Gasteiger partial charge in [-0.1, -0.05) is 30.3 Å². The predicted molar refractivity (Wildman–Crippen MR) is 85.3 cm³/mol. The van der Waals surface area contributed by atoms with Gasteiger partial charge in [-0.2, -0.15) is 0 Å². The molecule has 1 fully saturated rings. The third-order valence-corrected chi connectivity index (χ3v) is 3.96. The molecule has 0 aliphatic carbocycles. The van der Waals surface area contributed by atoms with E-state index in [9.17, 15) is 4.79 Å². The van der Waals surface area contributed by atoms with Gasteiger partial charge in [0.1, 0.15) is 0 Å². The highest BCUT2D eigenvalue weighted by atomic mass is 35.5. The molecule has 4 heteroatoms. The molecule has 1 aromatic carbocycles. The van der Waals surface area contributed by atoms with E-state index in [0.29, 0.717) is 12.5 Å². The number of halogens is 1. The van der Waals surface area contributed by atoms with Gasteiger partial charge < -0.3 is 10.2 Å². The smallest absolute Gasteiger partial charge is 0.222 e. The standard InChI is InChI=1S/C16H24N2O.ClH/c1-18(15-8-5-12-17-13-11-15)16(19)10-9-14-6-3-2-4-7-14;/h2-4,6-7,15,17H,5,8-13H2,1H3;1H. The van der Waals surface area contributed by atoms with Crippen molar-refractivity contribution in [2.75, 3.05) is 20.1 Å². The lowest BCUT2D eigenvalue weighted by molar-refractivity contribution is -0.132. The molecule has 2 rings (SSSR count). The molecule has 1 saturated heterocycles. The first-order chi connectivity index (χ1) is 9.27. The third kappa shape index (κ3) is 5.14. The molecule has 1 heterocycles. The SMILES string of the molecule is CN(C(=O)CCc1ccccc1)C1CCCNCC1.Cl. The minimum Gasteiger partial charge on any atom is -0.343 e. The molecule has 3 nitrogen and oxygen atoms in total. The van der Waals surface area contributed by atoms with Crippen LogP contribution in [0.1, 0.15) is 31.2 Å². The number of hydrogen-bond donors (Lipinski definition) is 1. The van der Waals surface area contributed by atoms with E-state index in [1.165, 1.54) is 12.0 Å². The maximum absolute atomic E-state index is 12.2. The Labute approximate surface area is 128 Å². The van der Waals surface area contributed by atoms with E-state index in [4.69, 9.17) is 0 Å². The van der Waals surface area contributed by atoms with Gasteiger partial charge in [-0.3, -0.25) is 4.79 Å². The van der Waals surface area contributed by atoms with Crippen LogP contribution in [0, 0.1) is 0 Å². The first-order valence-corrected chi connectivity index (χ1v) is 7.27. The summed E-state index contributed by atoms with van der Waals surface area (Å²) >= 11 is 0. The zero-order chi connectivity index (χ0) is 13.5. The first-order valence-electron chi connectivity index (χ1n) is 7.27. The second kappa shape index (κ2) is 8.98. The number of carbonyl (C=O) groups excluding carboxylic acids is 1. The lowest BCUT2D eigenvalue weighted by Gasteiger charge is -2.27. The van der Waals surface area contributed by atoms with Crippen LogP contribution in [-0.4, -0.2) is 37.0 Å². The fraction of sp³-hybridized carbons (Fsp3) is 0.562. The van der Waals surface area contributed by atoms with E-state index in [-0.39, 0.29) is 18.3 Å². The summed E-state index contributed by atoms with van der Waals surface area (Å²) in [7, 11) is 1.96. The number of nitrogens with zero attached hydrogens (tertiary/aromatic N) is 1. The molecule has 1 amide bonds. The quantitative estimate of drug-likeness (QED) is 0.926. The van der Waals surface area contributed by atoms with Crippen molar-refractivity contribution in [3.63, 3.8) is 0 Å². The molecule has 0 bridgehead atoms. The van der Waals surface area contributed by atoms with Crippen LogP contribution in [-0.2, 0) is 11.2 Å². The van der Waals surface area contributed by atoms with Gasteiger partial charge in [0.05, 0.1) is 0 Å². The molecule has 0 radical (unpaired) electrons. The van der Waals surface area contributed by atoms with E-state index in [1.54, 1.807) is 0 Å². The number of benzene rings is 1. The molecule has 0 aromatic heterocycles. The normalized spacial score (nSPS) is 18.8. The van der Waals surface area contributed by atoms with Gasteiger partial charge in [-0.25, -0.2) is 0 Å². The molecule has 1 unspecified atom stereocenters. The number of rotatable bonds is 4. The lowest BCUT2D eigenvalue weighted by atomic mass is 10.1. The van der Waals surface area contributed by atoms with E-state index in [1.807, 2.05) is 30.1 Å². The Hall–Kier alpha value is -1.06. The summed E-state index contributed by atoms with van der Waals surface area (Å²) in [6, 6.07) is 10.7. The molecule has 0 spiro atoms. The van der Waals surface area contributed by atoms with Crippen LogP contribution in [0.5, 0.6) is 0 Å². The molecule has 1 atom stereocenters. The molecule has 1 aliphatic rings. The Morgan fingerprint density at radius 1 is 1.25 bits per heavy atom. The van der Waals surface area contributed by atoms with Crippen molar-refractivity contribution in [1.29, 1.82) is 0 Å². The molecule has 1 aliphatic heterocycles. The Morgan fingerprint density at radius 2 is 2.00 bits per heavy atom. The van der Waals surface area contributed by atoms with Gasteiger partial charge in [0.25, 0.3) is 0 Å². The van der Waals surface area contributed by atoms with Crippen molar-refractivity contribution in [3.8, 4) is 0 Å². The average Bonchev–Trinajstić information content (AvgIpc) is 2.74.